The van der Waals surface area contributed by atoms with Gasteiger partial charge in [0.2, 0.25) is 5.91 Å². The van der Waals surface area contributed by atoms with Crippen LogP contribution in [-0.4, -0.2) is 22.4 Å². The molecule has 0 radical (unpaired) electrons. The molecule has 1 aromatic carbocycles. The number of benzene rings is 1. The molecule has 0 aliphatic heterocycles. The Hall–Kier alpha value is -1.40. The van der Waals surface area contributed by atoms with Crippen molar-refractivity contribution in [3.8, 4) is 0 Å². The second-order valence-electron chi connectivity index (χ2n) is 5.72. The van der Waals surface area contributed by atoms with Crippen LogP contribution in [0.2, 0.25) is 0 Å². The maximum atomic E-state index is 12.9. The molecular formula is C17H21FN2OS2. The molecule has 2 aromatic rings. The molecule has 1 amide bonds. The number of thioether (sulfide) groups is 1. The third-order valence-electron chi connectivity index (χ3n) is 3.16. The largest absolute Gasteiger partial charge is 0.301 e. The molecule has 0 aliphatic carbocycles. The molecule has 0 unspecified atom stereocenters. The monoisotopic (exact) mass is 352 g/mol. The summed E-state index contributed by atoms with van der Waals surface area (Å²) in [6, 6.07) is 6.43. The Balaban J connectivity index is 1.77. The fourth-order valence-electron chi connectivity index (χ4n) is 1.89. The van der Waals surface area contributed by atoms with E-state index in [1.165, 1.54) is 23.5 Å². The van der Waals surface area contributed by atoms with Crippen molar-refractivity contribution in [1.29, 1.82) is 0 Å². The minimum atomic E-state index is -0.235. The number of carbonyl (C=O) groups excluding carboxylic acids is 1. The van der Waals surface area contributed by atoms with Crippen LogP contribution in [0.5, 0.6) is 0 Å². The van der Waals surface area contributed by atoms with Gasteiger partial charge in [-0.1, -0.05) is 26.0 Å². The number of aromatic nitrogens is 1. The van der Waals surface area contributed by atoms with Crippen molar-refractivity contribution in [3.63, 3.8) is 0 Å². The first kappa shape index (κ1) is 17.9. The normalized spacial score (nSPS) is 11.0. The van der Waals surface area contributed by atoms with Crippen LogP contribution in [0.3, 0.4) is 0 Å². The maximum absolute atomic E-state index is 12.9. The summed E-state index contributed by atoms with van der Waals surface area (Å²) in [5, 5.41) is 3.45. The molecule has 0 atom stereocenters. The van der Waals surface area contributed by atoms with E-state index >= 15 is 0 Å². The number of hydrogen-bond donors (Lipinski definition) is 1. The van der Waals surface area contributed by atoms with Gasteiger partial charge in [0.1, 0.15) is 5.82 Å². The quantitative estimate of drug-likeness (QED) is 0.707. The van der Waals surface area contributed by atoms with Gasteiger partial charge in [-0.3, -0.25) is 4.79 Å². The van der Waals surface area contributed by atoms with Gasteiger partial charge in [0, 0.05) is 17.5 Å². The molecule has 1 aromatic heterocycles. The molecule has 6 heteroatoms. The van der Waals surface area contributed by atoms with Crippen LogP contribution >= 0.6 is 23.1 Å². The van der Waals surface area contributed by atoms with E-state index in [1.54, 1.807) is 30.1 Å². The Bertz CT molecular complexity index is 626. The lowest BCUT2D eigenvalue weighted by atomic mass is 10.1. The number of amides is 1. The molecule has 3 nitrogen and oxygen atoms in total. The highest BCUT2D eigenvalue weighted by atomic mass is 32.2. The number of hydrogen-bond acceptors (Lipinski definition) is 4. The van der Waals surface area contributed by atoms with Crippen molar-refractivity contribution < 1.29 is 9.18 Å². The topological polar surface area (TPSA) is 42.0 Å². The van der Waals surface area contributed by atoms with Crippen LogP contribution in [0, 0.1) is 11.7 Å². The smallest absolute Gasteiger partial charge is 0.236 e. The van der Waals surface area contributed by atoms with Gasteiger partial charge in [-0.2, -0.15) is 11.8 Å². The standard InChI is InChI=1S/C17H21FN2OS2/c1-12(2)7-8-22-11-16(21)20-17-19-10-15(23-17)9-13-3-5-14(18)6-4-13/h3-6,10,12H,7-9,11H2,1-2H3,(H,19,20,21). The highest BCUT2D eigenvalue weighted by Crippen LogP contribution is 2.21. The minimum absolute atomic E-state index is 0.0126. The number of nitrogens with one attached hydrogen (secondary N) is 1. The van der Waals surface area contributed by atoms with Gasteiger partial charge >= 0.3 is 0 Å². The summed E-state index contributed by atoms with van der Waals surface area (Å²) in [7, 11) is 0. The Kier molecular flexibility index (Phi) is 7.05. The van der Waals surface area contributed by atoms with E-state index in [4.69, 9.17) is 0 Å². The molecular weight excluding hydrogens is 331 g/mol. The maximum Gasteiger partial charge on any atom is 0.236 e. The van der Waals surface area contributed by atoms with Crippen molar-refractivity contribution in [2.24, 2.45) is 5.92 Å². The van der Waals surface area contributed by atoms with Crippen molar-refractivity contribution in [1.82, 2.24) is 4.98 Å². The van der Waals surface area contributed by atoms with E-state index in [0.717, 1.165) is 22.6 Å². The molecule has 0 saturated carbocycles. The molecule has 124 valence electrons. The average Bonchev–Trinajstić information content (AvgIpc) is 2.93. The first-order valence-corrected chi connectivity index (χ1v) is 9.57. The Labute approximate surface area is 144 Å². The zero-order valence-electron chi connectivity index (χ0n) is 13.3. The number of thiazole rings is 1. The van der Waals surface area contributed by atoms with Crippen molar-refractivity contribution in [3.05, 3.63) is 46.7 Å². The predicted molar refractivity (Wildman–Crippen MR) is 96.7 cm³/mol. The number of anilines is 1. The second-order valence-corrected chi connectivity index (χ2v) is 7.94. The van der Waals surface area contributed by atoms with Gasteiger partial charge < -0.3 is 5.32 Å². The van der Waals surface area contributed by atoms with Crippen LogP contribution in [0.15, 0.2) is 30.5 Å². The molecule has 0 spiro atoms. The average molecular weight is 353 g/mol. The molecule has 0 saturated heterocycles. The fraction of sp³-hybridized carbons (Fsp3) is 0.412. The Morgan fingerprint density at radius 2 is 2.09 bits per heavy atom. The Morgan fingerprint density at radius 1 is 1.35 bits per heavy atom. The van der Waals surface area contributed by atoms with Crippen LogP contribution in [-0.2, 0) is 11.2 Å². The first-order valence-electron chi connectivity index (χ1n) is 7.59. The number of carbonyl (C=O) groups is 1. The lowest BCUT2D eigenvalue weighted by Gasteiger charge is -2.04. The summed E-state index contributed by atoms with van der Waals surface area (Å²) in [5.41, 5.74) is 1.03. The molecule has 23 heavy (non-hydrogen) atoms. The highest BCUT2D eigenvalue weighted by molar-refractivity contribution is 7.99. The van der Waals surface area contributed by atoms with E-state index in [2.05, 4.69) is 24.1 Å². The van der Waals surface area contributed by atoms with E-state index in [9.17, 15) is 9.18 Å². The summed E-state index contributed by atoms with van der Waals surface area (Å²) >= 11 is 3.11. The molecule has 1 N–H and O–H groups in total. The van der Waals surface area contributed by atoms with Crippen molar-refractivity contribution in [2.75, 3.05) is 16.8 Å². The summed E-state index contributed by atoms with van der Waals surface area (Å²) in [6.07, 6.45) is 3.57. The molecule has 1 heterocycles. The molecule has 0 bridgehead atoms. The highest BCUT2D eigenvalue weighted by Gasteiger charge is 2.08. The summed E-state index contributed by atoms with van der Waals surface area (Å²) in [4.78, 5) is 17.1. The predicted octanol–water partition coefficient (Wildman–Crippen LogP) is 4.59. The minimum Gasteiger partial charge on any atom is -0.301 e. The van der Waals surface area contributed by atoms with Crippen LogP contribution in [0.1, 0.15) is 30.7 Å². The van der Waals surface area contributed by atoms with E-state index < -0.39 is 0 Å². The van der Waals surface area contributed by atoms with Crippen molar-refractivity contribution >= 4 is 34.1 Å². The van der Waals surface area contributed by atoms with Gasteiger partial charge in [-0.05, 0) is 35.8 Å². The SMILES string of the molecule is CC(C)CCSCC(=O)Nc1ncc(Cc2ccc(F)cc2)s1. The van der Waals surface area contributed by atoms with Crippen LogP contribution in [0.25, 0.3) is 0 Å². The number of nitrogens with zero attached hydrogens (tertiary/aromatic N) is 1. The molecule has 0 fully saturated rings. The fourth-order valence-corrected chi connectivity index (χ4v) is 3.79. The zero-order chi connectivity index (χ0) is 16.7. The number of halogens is 1. The van der Waals surface area contributed by atoms with E-state index in [-0.39, 0.29) is 11.7 Å². The van der Waals surface area contributed by atoms with Gasteiger partial charge in [-0.25, -0.2) is 9.37 Å². The molecule has 2 rings (SSSR count). The van der Waals surface area contributed by atoms with Gasteiger partial charge in [0.05, 0.1) is 5.75 Å². The summed E-state index contributed by atoms with van der Waals surface area (Å²) < 4.78 is 12.9. The van der Waals surface area contributed by atoms with Gasteiger partial charge in [-0.15, -0.1) is 11.3 Å². The third kappa shape index (κ3) is 6.71. The second kappa shape index (κ2) is 9.03. The van der Waals surface area contributed by atoms with E-state index in [1.807, 2.05) is 0 Å². The van der Waals surface area contributed by atoms with Crippen LogP contribution in [0.4, 0.5) is 9.52 Å². The first-order chi connectivity index (χ1) is 11.0. The van der Waals surface area contributed by atoms with Gasteiger partial charge in [0.15, 0.2) is 5.13 Å². The van der Waals surface area contributed by atoms with E-state index in [0.29, 0.717) is 23.2 Å². The lowest BCUT2D eigenvalue weighted by molar-refractivity contribution is -0.113. The lowest BCUT2D eigenvalue weighted by Crippen LogP contribution is -2.14. The van der Waals surface area contributed by atoms with Crippen LogP contribution < -0.4 is 5.32 Å². The third-order valence-corrected chi connectivity index (χ3v) is 5.07. The Morgan fingerprint density at radius 3 is 2.78 bits per heavy atom. The summed E-state index contributed by atoms with van der Waals surface area (Å²) in [6.45, 7) is 4.36. The zero-order valence-corrected chi connectivity index (χ0v) is 15.0. The summed E-state index contributed by atoms with van der Waals surface area (Å²) in [5.74, 6) is 1.87. The van der Waals surface area contributed by atoms with Gasteiger partial charge in [0.25, 0.3) is 0 Å². The van der Waals surface area contributed by atoms with Crippen molar-refractivity contribution in [2.45, 2.75) is 26.7 Å². The number of rotatable bonds is 8. The molecule has 0 aliphatic rings.